The number of nitrogens with one attached hydrogen (secondary N) is 4. The lowest BCUT2D eigenvalue weighted by Crippen LogP contribution is -2.37. The highest BCUT2D eigenvalue weighted by Crippen LogP contribution is 2.29. The Morgan fingerprint density at radius 3 is 2.91 bits per heavy atom. The number of anilines is 3. The van der Waals surface area contributed by atoms with Crippen molar-refractivity contribution in [2.45, 2.75) is 6.42 Å². The molecule has 0 aliphatic carbocycles. The second kappa shape index (κ2) is 8.32. The molecule has 0 saturated heterocycles. The van der Waals surface area contributed by atoms with E-state index in [1.165, 1.54) is 0 Å². The number of rotatable bonds is 4. The first-order chi connectivity index (χ1) is 16.7. The van der Waals surface area contributed by atoms with Crippen LogP contribution in [-0.2, 0) is 0 Å². The molecule has 0 bridgehead atoms. The number of hydrogen-bond acceptors (Lipinski definition) is 6. The van der Waals surface area contributed by atoms with Crippen molar-refractivity contribution < 1.29 is 4.79 Å². The molecule has 0 unspecified atom stereocenters. The molecule has 168 valence electrons. The minimum absolute atomic E-state index is 0.133. The number of carbonyl (C=O) groups is 1. The van der Waals surface area contributed by atoms with Crippen LogP contribution in [0.15, 0.2) is 67.4 Å². The second-order valence-corrected chi connectivity index (χ2v) is 8.06. The summed E-state index contributed by atoms with van der Waals surface area (Å²) in [6.07, 6.45) is 9.45. The van der Waals surface area contributed by atoms with Gasteiger partial charge in [0, 0.05) is 36.1 Å². The molecule has 0 fully saturated rings. The highest BCUT2D eigenvalue weighted by molar-refractivity contribution is 5.94. The summed E-state index contributed by atoms with van der Waals surface area (Å²) < 4.78 is 0. The maximum atomic E-state index is 12.6. The van der Waals surface area contributed by atoms with Crippen LogP contribution in [-0.4, -0.2) is 54.2 Å². The van der Waals surface area contributed by atoms with Crippen molar-refractivity contribution in [3.8, 4) is 0 Å². The predicted octanol–water partition coefficient (Wildman–Crippen LogP) is 4.29. The predicted molar refractivity (Wildman–Crippen MR) is 131 cm³/mol. The number of fused-ring (bicyclic) bond motifs is 2. The van der Waals surface area contributed by atoms with Gasteiger partial charge in [-0.05, 0) is 48.4 Å². The van der Waals surface area contributed by atoms with Crippen molar-refractivity contribution in [1.29, 1.82) is 0 Å². The molecule has 1 aliphatic rings. The molecule has 1 aromatic carbocycles. The van der Waals surface area contributed by atoms with Gasteiger partial charge in [0.25, 0.3) is 0 Å². The van der Waals surface area contributed by atoms with E-state index in [1.54, 1.807) is 35.9 Å². The smallest absolute Gasteiger partial charge is 0.322 e. The summed E-state index contributed by atoms with van der Waals surface area (Å²) in [6.45, 7) is 1.15. The van der Waals surface area contributed by atoms with E-state index in [4.69, 9.17) is 0 Å². The zero-order valence-electron chi connectivity index (χ0n) is 18.1. The minimum Gasteiger partial charge on any atom is -0.340 e. The van der Waals surface area contributed by atoms with E-state index in [1.807, 2.05) is 24.3 Å². The molecule has 0 radical (unpaired) electrons. The molecule has 10 heteroatoms. The summed E-state index contributed by atoms with van der Waals surface area (Å²) in [4.78, 5) is 30.6. The number of benzene rings is 1. The minimum atomic E-state index is -0.133. The van der Waals surface area contributed by atoms with E-state index in [-0.39, 0.29) is 6.03 Å². The fraction of sp³-hybridized carbons (Fsp3) is 0.125. The second-order valence-electron chi connectivity index (χ2n) is 8.06. The number of aromatic amines is 2. The fourth-order valence-corrected chi connectivity index (χ4v) is 4.11. The Labute approximate surface area is 194 Å². The Kier molecular flexibility index (Phi) is 4.87. The molecule has 1 aliphatic heterocycles. The molecular weight excluding hydrogens is 430 g/mol. The van der Waals surface area contributed by atoms with Crippen LogP contribution in [0.5, 0.6) is 0 Å². The molecule has 5 aromatic rings. The number of amides is 2. The SMILES string of the molecule is O=C(Nc1cccnc1)N1CC=C(c2cc3c(Nc4ccc5[nH]ncc5c4)ncnc3[nH]2)CC1. The third-order valence-electron chi connectivity index (χ3n) is 5.88. The van der Waals surface area contributed by atoms with Gasteiger partial charge in [0.15, 0.2) is 0 Å². The number of nitrogens with zero attached hydrogens (tertiary/aromatic N) is 5. The molecule has 4 N–H and O–H groups in total. The third kappa shape index (κ3) is 3.81. The summed E-state index contributed by atoms with van der Waals surface area (Å²) in [6, 6.07) is 11.5. The Morgan fingerprint density at radius 2 is 2.06 bits per heavy atom. The monoisotopic (exact) mass is 451 g/mol. The number of H-pyrrole nitrogens is 2. The van der Waals surface area contributed by atoms with Crippen LogP contribution >= 0.6 is 0 Å². The number of urea groups is 1. The van der Waals surface area contributed by atoms with Crippen LogP contribution in [0.2, 0.25) is 0 Å². The summed E-state index contributed by atoms with van der Waals surface area (Å²) >= 11 is 0. The molecule has 0 spiro atoms. The van der Waals surface area contributed by atoms with Gasteiger partial charge < -0.3 is 20.5 Å². The average Bonchev–Trinajstić information content (AvgIpc) is 3.52. The summed E-state index contributed by atoms with van der Waals surface area (Å²) in [5.74, 6) is 0.726. The Bertz CT molecular complexity index is 1520. The first-order valence-electron chi connectivity index (χ1n) is 10.9. The third-order valence-corrected chi connectivity index (χ3v) is 5.88. The fourth-order valence-electron chi connectivity index (χ4n) is 4.11. The lowest BCUT2D eigenvalue weighted by Gasteiger charge is -2.26. The van der Waals surface area contributed by atoms with Crippen LogP contribution in [0.3, 0.4) is 0 Å². The van der Waals surface area contributed by atoms with E-state index in [9.17, 15) is 4.79 Å². The van der Waals surface area contributed by atoms with Crippen LogP contribution < -0.4 is 10.6 Å². The molecule has 6 rings (SSSR count). The van der Waals surface area contributed by atoms with Gasteiger partial charge in [-0.25, -0.2) is 14.8 Å². The molecule has 5 heterocycles. The Hall–Kier alpha value is -4.73. The Balaban J connectivity index is 1.20. The van der Waals surface area contributed by atoms with E-state index < -0.39 is 0 Å². The normalized spacial score (nSPS) is 13.8. The number of hydrogen-bond donors (Lipinski definition) is 4. The number of carbonyl (C=O) groups excluding carboxylic acids is 1. The zero-order valence-corrected chi connectivity index (χ0v) is 18.1. The maximum absolute atomic E-state index is 12.6. The molecule has 2 amide bonds. The standard InChI is InChI=1S/C24H21N9O/c34-24(30-18-2-1-7-25-13-18)33-8-5-15(6-9-33)21-11-19-22(26-14-27-23(19)31-21)29-17-3-4-20-16(10-17)12-28-32-20/h1-5,7,10-14H,6,8-9H2,(H,28,32)(H,30,34)(H2,26,27,29,31). The van der Waals surface area contributed by atoms with E-state index in [0.717, 1.165) is 51.1 Å². The molecule has 4 aromatic heterocycles. The van der Waals surface area contributed by atoms with Crippen LogP contribution in [0, 0.1) is 0 Å². The molecular formula is C24H21N9O. The number of pyridine rings is 1. The van der Waals surface area contributed by atoms with Crippen LogP contribution in [0.1, 0.15) is 12.1 Å². The number of aromatic nitrogens is 6. The summed E-state index contributed by atoms with van der Waals surface area (Å²) in [5, 5.41) is 15.2. The average molecular weight is 451 g/mol. The van der Waals surface area contributed by atoms with Gasteiger partial charge >= 0.3 is 6.03 Å². The first kappa shape index (κ1) is 19.9. The van der Waals surface area contributed by atoms with Gasteiger partial charge in [0.1, 0.15) is 17.8 Å². The molecule has 10 nitrogen and oxygen atoms in total. The van der Waals surface area contributed by atoms with Gasteiger partial charge in [-0.3, -0.25) is 10.1 Å². The highest BCUT2D eigenvalue weighted by Gasteiger charge is 2.20. The maximum Gasteiger partial charge on any atom is 0.322 e. The van der Waals surface area contributed by atoms with Crippen molar-refractivity contribution >= 4 is 50.7 Å². The van der Waals surface area contributed by atoms with Gasteiger partial charge in [-0.15, -0.1) is 0 Å². The van der Waals surface area contributed by atoms with Crippen molar-refractivity contribution in [1.82, 2.24) is 35.0 Å². The van der Waals surface area contributed by atoms with E-state index in [0.29, 0.717) is 18.8 Å². The molecule has 0 saturated carbocycles. The Morgan fingerprint density at radius 1 is 1.09 bits per heavy atom. The first-order valence-corrected chi connectivity index (χ1v) is 10.9. The zero-order chi connectivity index (χ0) is 22.9. The van der Waals surface area contributed by atoms with E-state index >= 15 is 0 Å². The lowest BCUT2D eigenvalue weighted by atomic mass is 10.1. The lowest BCUT2D eigenvalue weighted by molar-refractivity contribution is 0.217. The van der Waals surface area contributed by atoms with Gasteiger partial charge in [0.2, 0.25) is 0 Å². The summed E-state index contributed by atoms with van der Waals surface area (Å²) in [5.41, 5.74) is 5.47. The van der Waals surface area contributed by atoms with Gasteiger partial charge in [-0.2, -0.15) is 5.10 Å². The quantitative estimate of drug-likeness (QED) is 0.323. The largest absolute Gasteiger partial charge is 0.340 e. The molecule has 0 atom stereocenters. The van der Waals surface area contributed by atoms with Crippen LogP contribution in [0.4, 0.5) is 22.0 Å². The molecule has 34 heavy (non-hydrogen) atoms. The van der Waals surface area contributed by atoms with Crippen molar-refractivity contribution in [2.24, 2.45) is 0 Å². The highest BCUT2D eigenvalue weighted by atomic mass is 16.2. The topological polar surface area (TPSA) is 128 Å². The summed E-state index contributed by atoms with van der Waals surface area (Å²) in [7, 11) is 0. The van der Waals surface area contributed by atoms with Crippen molar-refractivity contribution in [2.75, 3.05) is 23.7 Å². The van der Waals surface area contributed by atoms with Crippen molar-refractivity contribution in [3.05, 3.63) is 73.1 Å². The van der Waals surface area contributed by atoms with Gasteiger partial charge in [0.05, 0.1) is 29.0 Å². The van der Waals surface area contributed by atoms with Gasteiger partial charge in [-0.1, -0.05) is 6.08 Å². The van der Waals surface area contributed by atoms with Crippen LogP contribution in [0.25, 0.3) is 27.5 Å². The van der Waals surface area contributed by atoms with Crippen molar-refractivity contribution in [3.63, 3.8) is 0 Å². The van der Waals surface area contributed by atoms with E-state index in [2.05, 4.69) is 52.9 Å².